The smallest absolute Gasteiger partial charge is 0.301 e. The van der Waals surface area contributed by atoms with Gasteiger partial charge in [-0.3, -0.25) is 10.1 Å². The normalized spacial score (nSPS) is 20.2. The van der Waals surface area contributed by atoms with E-state index in [1.807, 2.05) is 6.92 Å². The molecular weight excluding hydrogens is 288 g/mol. The Balaban J connectivity index is 2.33. The molecule has 1 atom stereocenters. The first-order valence-corrected chi connectivity index (χ1v) is 8.50. The number of anilines is 1. The minimum Gasteiger partial charge on any atom is -0.384 e. The summed E-state index contributed by atoms with van der Waals surface area (Å²) in [5.41, 5.74) is 7.14. The van der Waals surface area contributed by atoms with Crippen molar-refractivity contribution >= 4 is 21.7 Å². The number of rotatable bonds is 4. The van der Waals surface area contributed by atoms with Crippen molar-refractivity contribution < 1.29 is 8.42 Å². The molecule has 1 saturated heterocycles. The van der Waals surface area contributed by atoms with E-state index in [4.69, 9.17) is 11.1 Å². The van der Waals surface area contributed by atoms with Gasteiger partial charge in [0.15, 0.2) is 0 Å². The van der Waals surface area contributed by atoms with Crippen LogP contribution in [0.2, 0.25) is 0 Å². The fourth-order valence-corrected chi connectivity index (χ4v) is 4.25. The first-order chi connectivity index (χ1) is 9.83. The summed E-state index contributed by atoms with van der Waals surface area (Å²) >= 11 is 0. The van der Waals surface area contributed by atoms with Crippen LogP contribution in [0, 0.1) is 12.3 Å². The highest BCUT2D eigenvalue weighted by Gasteiger charge is 2.30. The maximum absolute atomic E-state index is 12.6. The van der Waals surface area contributed by atoms with Crippen LogP contribution in [0.3, 0.4) is 0 Å². The summed E-state index contributed by atoms with van der Waals surface area (Å²) in [4.78, 5) is 0. The molecule has 1 aromatic carbocycles. The third-order valence-electron chi connectivity index (χ3n) is 3.83. The van der Waals surface area contributed by atoms with Crippen molar-refractivity contribution in [2.24, 2.45) is 5.73 Å². The lowest BCUT2D eigenvalue weighted by Crippen LogP contribution is -2.45. The molecule has 2 rings (SSSR count). The Labute approximate surface area is 126 Å². The maximum Gasteiger partial charge on any atom is 0.301 e. The second-order valence-electron chi connectivity index (χ2n) is 5.47. The van der Waals surface area contributed by atoms with Gasteiger partial charge in [0.05, 0.1) is 5.69 Å². The van der Waals surface area contributed by atoms with Crippen molar-refractivity contribution in [1.29, 1.82) is 5.41 Å². The van der Waals surface area contributed by atoms with Crippen molar-refractivity contribution in [2.75, 3.05) is 11.3 Å². The number of aryl methyl sites for hydroxylation is 1. The summed E-state index contributed by atoms with van der Waals surface area (Å²) in [6.45, 7) is 4.25. The first-order valence-electron chi connectivity index (χ1n) is 7.06. The molecule has 0 aliphatic carbocycles. The predicted octanol–water partition coefficient (Wildman–Crippen LogP) is 1.81. The summed E-state index contributed by atoms with van der Waals surface area (Å²) < 4.78 is 29.2. The number of hydrogen-bond donors (Lipinski definition) is 3. The standard InChI is InChI=1S/C14H22N4O2S/c1-10-6-5-8-12(13(10)14(15)16)17-21(19,20)18-9-4-3-7-11(18)2/h5-6,8,11,17H,3-4,7,9H2,1-2H3,(H3,15,16). The summed E-state index contributed by atoms with van der Waals surface area (Å²) in [6, 6.07) is 5.18. The largest absolute Gasteiger partial charge is 0.384 e. The molecule has 0 radical (unpaired) electrons. The van der Waals surface area contributed by atoms with E-state index in [1.54, 1.807) is 25.1 Å². The second-order valence-corrected chi connectivity index (χ2v) is 7.10. The van der Waals surface area contributed by atoms with Crippen LogP contribution in [-0.2, 0) is 10.2 Å². The van der Waals surface area contributed by atoms with Crippen molar-refractivity contribution in [3.05, 3.63) is 29.3 Å². The Morgan fingerprint density at radius 3 is 2.76 bits per heavy atom. The number of nitrogens with one attached hydrogen (secondary N) is 2. The van der Waals surface area contributed by atoms with E-state index in [0.29, 0.717) is 17.8 Å². The van der Waals surface area contributed by atoms with Gasteiger partial charge >= 0.3 is 10.2 Å². The van der Waals surface area contributed by atoms with Crippen LogP contribution in [0.15, 0.2) is 18.2 Å². The number of nitrogens with two attached hydrogens (primary N) is 1. The zero-order valence-electron chi connectivity index (χ0n) is 12.4. The van der Waals surface area contributed by atoms with Crippen molar-refractivity contribution in [2.45, 2.75) is 39.2 Å². The van der Waals surface area contributed by atoms with Gasteiger partial charge in [-0.2, -0.15) is 12.7 Å². The lowest BCUT2D eigenvalue weighted by Gasteiger charge is -2.32. The summed E-state index contributed by atoms with van der Waals surface area (Å²) in [5, 5.41) is 7.64. The third-order valence-corrected chi connectivity index (χ3v) is 5.47. The lowest BCUT2D eigenvalue weighted by atomic mass is 10.1. The highest BCUT2D eigenvalue weighted by atomic mass is 32.2. The van der Waals surface area contributed by atoms with Gasteiger partial charge in [-0.1, -0.05) is 18.6 Å². The number of amidine groups is 1. The highest BCUT2D eigenvalue weighted by molar-refractivity contribution is 7.90. The number of benzene rings is 1. The Bertz CT molecular complexity index is 642. The molecule has 0 amide bonds. The number of piperidine rings is 1. The quantitative estimate of drug-likeness (QED) is 0.584. The average molecular weight is 310 g/mol. The molecule has 0 aromatic heterocycles. The maximum atomic E-state index is 12.6. The number of nitrogen functional groups attached to an aromatic ring is 1. The van der Waals surface area contributed by atoms with Gasteiger partial charge in [0.1, 0.15) is 5.84 Å². The van der Waals surface area contributed by atoms with Crippen molar-refractivity contribution in [1.82, 2.24) is 4.31 Å². The molecule has 6 nitrogen and oxygen atoms in total. The molecule has 21 heavy (non-hydrogen) atoms. The van der Waals surface area contributed by atoms with E-state index < -0.39 is 10.2 Å². The molecule has 1 unspecified atom stereocenters. The topological polar surface area (TPSA) is 99.3 Å². The number of nitrogens with zero attached hydrogens (tertiary/aromatic N) is 1. The van der Waals surface area contributed by atoms with Gasteiger partial charge in [0.2, 0.25) is 0 Å². The molecule has 1 fully saturated rings. The van der Waals surface area contributed by atoms with Crippen LogP contribution >= 0.6 is 0 Å². The zero-order valence-corrected chi connectivity index (χ0v) is 13.2. The molecule has 1 aliphatic heterocycles. The third kappa shape index (κ3) is 3.36. The molecule has 116 valence electrons. The minimum absolute atomic E-state index is 0.0122. The summed E-state index contributed by atoms with van der Waals surface area (Å²) in [7, 11) is -3.63. The van der Waals surface area contributed by atoms with Crippen molar-refractivity contribution in [3.63, 3.8) is 0 Å². The van der Waals surface area contributed by atoms with Crippen LogP contribution in [0.4, 0.5) is 5.69 Å². The summed E-state index contributed by atoms with van der Waals surface area (Å²) in [5.74, 6) is -0.141. The fraction of sp³-hybridized carbons (Fsp3) is 0.500. The Kier molecular flexibility index (Phi) is 4.53. The van der Waals surface area contributed by atoms with Gasteiger partial charge in [-0.15, -0.1) is 0 Å². The van der Waals surface area contributed by atoms with Crippen LogP contribution in [0.25, 0.3) is 0 Å². The van der Waals surface area contributed by atoms with Gasteiger partial charge in [0.25, 0.3) is 0 Å². The molecule has 0 spiro atoms. The van der Waals surface area contributed by atoms with Crippen LogP contribution in [-0.4, -0.2) is 31.1 Å². The Hall–Kier alpha value is -1.60. The van der Waals surface area contributed by atoms with Gasteiger partial charge < -0.3 is 5.73 Å². The van der Waals surface area contributed by atoms with E-state index in [0.717, 1.165) is 24.8 Å². The van der Waals surface area contributed by atoms with E-state index in [9.17, 15) is 8.42 Å². The van der Waals surface area contributed by atoms with Crippen LogP contribution < -0.4 is 10.5 Å². The monoisotopic (exact) mass is 310 g/mol. The molecule has 7 heteroatoms. The number of hydrogen-bond acceptors (Lipinski definition) is 3. The SMILES string of the molecule is Cc1cccc(NS(=O)(=O)N2CCCCC2C)c1C(=N)N. The average Bonchev–Trinajstić information content (AvgIpc) is 2.38. The Morgan fingerprint density at radius 2 is 2.14 bits per heavy atom. The van der Waals surface area contributed by atoms with Gasteiger partial charge in [-0.25, -0.2) is 0 Å². The van der Waals surface area contributed by atoms with E-state index in [-0.39, 0.29) is 11.9 Å². The van der Waals surface area contributed by atoms with Crippen molar-refractivity contribution in [3.8, 4) is 0 Å². The summed E-state index contributed by atoms with van der Waals surface area (Å²) in [6.07, 6.45) is 2.79. The zero-order chi connectivity index (χ0) is 15.6. The second kappa shape index (κ2) is 6.03. The van der Waals surface area contributed by atoms with E-state index in [1.165, 1.54) is 4.31 Å². The Morgan fingerprint density at radius 1 is 1.43 bits per heavy atom. The van der Waals surface area contributed by atoms with Crippen LogP contribution in [0.5, 0.6) is 0 Å². The first kappa shape index (κ1) is 15.8. The molecule has 1 aromatic rings. The predicted molar refractivity (Wildman–Crippen MR) is 84.8 cm³/mol. The van der Waals surface area contributed by atoms with Gasteiger partial charge in [0, 0.05) is 18.2 Å². The van der Waals surface area contributed by atoms with E-state index in [2.05, 4.69) is 4.72 Å². The van der Waals surface area contributed by atoms with Gasteiger partial charge in [-0.05, 0) is 38.3 Å². The fourth-order valence-electron chi connectivity index (χ4n) is 2.74. The molecule has 4 N–H and O–H groups in total. The molecule has 1 aliphatic rings. The van der Waals surface area contributed by atoms with Crippen LogP contribution in [0.1, 0.15) is 37.3 Å². The lowest BCUT2D eigenvalue weighted by molar-refractivity contribution is 0.270. The molecule has 1 heterocycles. The minimum atomic E-state index is -3.63. The van der Waals surface area contributed by atoms with E-state index >= 15 is 0 Å². The molecule has 0 saturated carbocycles. The molecular formula is C14H22N4O2S. The molecule has 0 bridgehead atoms. The highest BCUT2D eigenvalue weighted by Crippen LogP contribution is 2.24.